The van der Waals surface area contributed by atoms with Crippen molar-refractivity contribution in [1.29, 1.82) is 0 Å². The van der Waals surface area contributed by atoms with E-state index in [2.05, 4.69) is 6.92 Å². The van der Waals surface area contributed by atoms with E-state index >= 15 is 0 Å². The Morgan fingerprint density at radius 3 is 2.70 bits per heavy atom. The van der Waals surface area contributed by atoms with Crippen LogP contribution in [0.15, 0.2) is 0 Å². The summed E-state index contributed by atoms with van der Waals surface area (Å²) < 4.78 is 0. The Hall–Kier alpha value is -0.530. The van der Waals surface area contributed by atoms with Crippen molar-refractivity contribution in [3.8, 4) is 0 Å². The summed E-state index contributed by atoms with van der Waals surface area (Å²) in [5.41, 5.74) is 0. The number of aliphatic carboxylic acids is 1. The molecule has 0 aromatic heterocycles. The third-order valence-electron chi connectivity index (χ3n) is 2.24. The lowest BCUT2D eigenvalue weighted by Crippen LogP contribution is -2.02. The van der Waals surface area contributed by atoms with E-state index in [4.69, 9.17) is 5.11 Å². The maximum Gasteiger partial charge on any atom is 0.303 e. The number of hydrogen-bond acceptors (Lipinski definition) is 1. The van der Waals surface area contributed by atoms with Gasteiger partial charge in [-0.2, -0.15) is 0 Å². The van der Waals surface area contributed by atoms with Gasteiger partial charge >= 0.3 is 5.97 Å². The molecule has 1 fully saturated rings. The second kappa shape index (κ2) is 3.04. The van der Waals surface area contributed by atoms with Crippen LogP contribution in [0.5, 0.6) is 0 Å². The first-order valence-electron chi connectivity index (χ1n) is 3.92. The predicted molar refractivity (Wildman–Crippen MR) is 38.8 cm³/mol. The van der Waals surface area contributed by atoms with E-state index in [-0.39, 0.29) is 0 Å². The van der Waals surface area contributed by atoms with Crippen LogP contribution in [-0.4, -0.2) is 11.1 Å². The van der Waals surface area contributed by atoms with Crippen molar-refractivity contribution in [1.82, 2.24) is 0 Å². The number of rotatable bonds is 4. The molecule has 10 heavy (non-hydrogen) atoms. The molecular formula is C8H14O2. The molecule has 0 aromatic rings. The van der Waals surface area contributed by atoms with Gasteiger partial charge in [0.1, 0.15) is 0 Å². The van der Waals surface area contributed by atoms with Crippen molar-refractivity contribution in [2.24, 2.45) is 11.8 Å². The molecule has 1 aliphatic rings. The Labute approximate surface area is 61.2 Å². The quantitative estimate of drug-likeness (QED) is 0.650. The molecule has 1 aliphatic carbocycles. The highest BCUT2D eigenvalue weighted by Crippen LogP contribution is 2.38. The third-order valence-corrected chi connectivity index (χ3v) is 2.24. The first-order chi connectivity index (χ1) is 4.70. The minimum absolute atomic E-state index is 0.345. The highest BCUT2D eigenvalue weighted by molar-refractivity contribution is 5.66. The predicted octanol–water partition coefficient (Wildman–Crippen LogP) is 1.90. The summed E-state index contributed by atoms with van der Waals surface area (Å²) in [6, 6.07) is 0. The van der Waals surface area contributed by atoms with E-state index in [0.29, 0.717) is 12.3 Å². The van der Waals surface area contributed by atoms with Gasteiger partial charge in [0.2, 0.25) is 0 Å². The number of carboxylic acid groups (broad SMARTS) is 1. The van der Waals surface area contributed by atoms with Crippen molar-refractivity contribution in [2.45, 2.75) is 32.6 Å². The Morgan fingerprint density at radius 1 is 1.70 bits per heavy atom. The van der Waals surface area contributed by atoms with Crippen LogP contribution in [-0.2, 0) is 4.79 Å². The number of hydrogen-bond donors (Lipinski definition) is 1. The Balaban J connectivity index is 2.05. The molecule has 0 bridgehead atoms. The zero-order chi connectivity index (χ0) is 7.56. The normalized spacial score (nSPS) is 20.5. The molecule has 0 heterocycles. The summed E-state index contributed by atoms with van der Waals surface area (Å²) in [7, 11) is 0. The Bertz CT molecular complexity index is 127. The topological polar surface area (TPSA) is 37.3 Å². The molecule has 2 nitrogen and oxygen atoms in total. The van der Waals surface area contributed by atoms with Crippen LogP contribution < -0.4 is 0 Å². The van der Waals surface area contributed by atoms with Crippen LogP contribution in [0, 0.1) is 11.8 Å². The second-order valence-electron chi connectivity index (χ2n) is 3.25. The number of carboxylic acids is 1. The highest BCUT2D eigenvalue weighted by Gasteiger charge is 2.27. The van der Waals surface area contributed by atoms with Gasteiger partial charge in [-0.15, -0.1) is 0 Å². The summed E-state index contributed by atoms with van der Waals surface area (Å²) in [5, 5.41) is 8.36. The van der Waals surface area contributed by atoms with E-state index in [1.54, 1.807) is 0 Å². The summed E-state index contributed by atoms with van der Waals surface area (Å²) in [6.07, 6.45) is 3.85. The molecule has 1 unspecified atom stereocenters. The lowest BCUT2D eigenvalue weighted by Gasteiger charge is -2.05. The zero-order valence-corrected chi connectivity index (χ0v) is 6.34. The van der Waals surface area contributed by atoms with E-state index in [0.717, 1.165) is 12.3 Å². The average molecular weight is 142 g/mol. The number of carbonyl (C=O) groups is 1. The SMILES string of the molecule is CC(CCC(=O)O)C1CC1. The van der Waals surface area contributed by atoms with Crippen molar-refractivity contribution >= 4 is 5.97 Å². The zero-order valence-electron chi connectivity index (χ0n) is 6.34. The average Bonchev–Trinajstić information content (AvgIpc) is 2.63. The lowest BCUT2D eigenvalue weighted by atomic mass is 10.0. The van der Waals surface area contributed by atoms with Gasteiger partial charge in [-0.3, -0.25) is 4.79 Å². The monoisotopic (exact) mass is 142 g/mol. The first kappa shape index (κ1) is 7.58. The fraction of sp³-hybridized carbons (Fsp3) is 0.875. The summed E-state index contributed by atoms with van der Waals surface area (Å²) in [6.45, 7) is 2.15. The molecule has 0 saturated heterocycles. The van der Waals surface area contributed by atoms with Crippen molar-refractivity contribution in [3.63, 3.8) is 0 Å². The molecule has 1 saturated carbocycles. The van der Waals surface area contributed by atoms with Crippen LogP contribution in [0.2, 0.25) is 0 Å². The van der Waals surface area contributed by atoms with Gasteiger partial charge in [-0.1, -0.05) is 6.92 Å². The van der Waals surface area contributed by atoms with Crippen molar-refractivity contribution in [3.05, 3.63) is 0 Å². The summed E-state index contributed by atoms with van der Waals surface area (Å²) in [4.78, 5) is 10.1. The molecule has 0 aliphatic heterocycles. The van der Waals surface area contributed by atoms with Gasteiger partial charge in [-0.25, -0.2) is 0 Å². The molecule has 0 spiro atoms. The summed E-state index contributed by atoms with van der Waals surface area (Å²) in [5.74, 6) is 0.822. The van der Waals surface area contributed by atoms with Crippen LogP contribution in [0.1, 0.15) is 32.6 Å². The molecule has 1 atom stereocenters. The highest BCUT2D eigenvalue weighted by atomic mass is 16.4. The van der Waals surface area contributed by atoms with E-state index < -0.39 is 5.97 Å². The van der Waals surface area contributed by atoms with Crippen LogP contribution in [0.4, 0.5) is 0 Å². The van der Waals surface area contributed by atoms with E-state index in [9.17, 15) is 4.79 Å². The van der Waals surface area contributed by atoms with Crippen LogP contribution in [0.3, 0.4) is 0 Å². The van der Waals surface area contributed by atoms with Gasteiger partial charge in [0.15, 0.2) is 0 Å². The fourth-order valence-corrected chi connectivity index (χ4v) is 1.25. The summed E-state index contributed by atoms with van der Waals surface area (Å²) >= 11 is 0. The van der Waals surface area contributed by atoms with Crippen LogP contribution in [0.25, 0.3) is 0 Å². The largest absolute Gasteiger partial charge is 0.481 e. The molecule has 0 aromatic carbocycles. The molecule has 1 N–H and O–H groups in total. The van der Waals surface area contributed by atoms with Crippen molar-refractivity contribution < 1.29 is 9.90 Å². The first-order valence-corrected chi connectivity index (χ1v) is 3.92. The molecule has 2 heteroatoms. The maximum absolute atomic E-state index is 10.1. The standard InChI is InChI=1S/C8H14O2/c1-6(7-3-4-7)2-5-8(9)10/h6-7H,2-5H2,1H3,(H,9,10). The third kappa shape index (κ3) is 2.38. The lowest BCUT2D eigenvalue weighted by molar-refractivity contribution is -0.137. The Morgan fingerprint density at radius 2 is 2.30 bits per heavy atom. The minimum atomic E-state index is -0.660. The molecular weight excluding hydrogens is 128 g/mol. The Kier molecular flexibility index (Phi) is 2.30. The molecule has 0 radical (unpaired) electrons. The maximum atomic E-state index is 10.1. The van der Waals surface area contributed by atoms with Gasteiger partial charge in [0.25, 0.3) is 0 Å². The smallest absolute Gasteiger partial charge is 0.303 e. The van der Waals surface area contributed by atoms with Crippen LogP contribution >= 0.6 is 0 Å². The van der Waals surface area contributed by atoms with Gasteiger partial charge < -0.3 is 5.11 Å². The molecule has 1 rings (SSSR count). The van der Waals surface area contributed by atoms with Crippen molar-refractivity contribution in [2.75, 3.05) is 0 Å². The van der Waals surface area contributed by atoms with E-state index in [1.165, 1.54) is 12.8 Å². The minimum Gasteiger partial charge on any atom is -0.481 e. The molecule has 58 valence electrons. The fourth-order valence-electron chi connectivity index (χ4n) is 1.25. The van der Waals surface area contributed by atoms with Gasteiger partial charge in [0, 0.05) is 6.42 Å². The van der Waals surface area contributed by atoms with Gasteiger partial charge in [0.05, 0.1) is 0 Å². The molecule has 0 amide bonds. The van der Waals surface area contributed by atoms with E-state index in [1.807, 2.05) is 0 Å². The van der Waals surface area contributed by atoms with Gasteiger partial charge in [-0.05, 0) is 31.1 Å². The second-order valence-corrected chi connectivity index (χ2v) is 3.25.